The summed E-state index contributed by atoms with van der Waals surface area (Å²) in [5.41, 5.74) is 0. The van der Waals surface area contributed by atoms with Gasteiger partial charge in [-0.05, 0) is 12.1 Å². The highest BCUT2D eigenvalue weighted by Crippen LogP contribution is 2.29. The molecule has 72 valence electrons. The smallest absolute Gasteiger partial charge is 0.372 e. The van der Waals surface area contributed by atoms with E-state index in [0.29, 0.717) is 16.5 Å². The molecular weight excluding hydrogens is 184 g/mol. The van der Waals surface area contributed by atoms with Gasteiger partial charge in [-0.2, -0.15) is 0 Å². The molecule has 1 N–H and O–H groups in total. The Labute approximate surface area is 79.7 Å². The Kier molecular flexibility index (Phi) is 1.89. The largest absolute Gasteiger partial charge is 0.496 e. The third kappa shape index (κ3) is 1.12. The van der Waals surface area contributed by atoms with Gasteiger partial charge in [0.2, 0.25) is 5.76 Å². The van der Waals surface area contributed by atoms with Gasteiger partial charge < -0.3 is 14.3 Å². The third-order valence-corrected chi connectivity index (χ3v) is 2.02. The number of fused-ring (bicyclic) bond motifs is 1. The van der Waals surface area contributed by atoms with Crippen LogP contribution in [-0.4, -0.2) is 18.2 Å². The number of carboxylic acid groups (broad SMARTS) is 1. The molecule has 0 unspecified atom stereocenters. The summed E-state index contributed by atoms with van der Waals surface area (Å²) in [6, 6.07) is 5.16. The lowest BCUT2D eigenvalue weighted by Crippen LogP contribution is -1.93. The normalized spacial score (nSPS) is 10.4. The molecular formula is C10H8O4. The number of benzene rings is 1. The Hall–Kier alpha value is -1.97. The minimum Gasteiger partial charge on any atom is -0.496 e. The molecule has 2 rings (SSSR count). The van der Waals surface area contributed by atoms with Gasteiger partial charge in [0, 0.05) is 5.39 Å². The fourth-order valence-electron chi connectivity index (χ4n) is 1.39. The highest BCUT2D eigenvalue weighted by molar-refractivity contribution is 6.03. The first-order valence-corrected chi connectivity index (χ1v) is 4.01. The summed E-state index contributed by atoms with van der Waals surface area (Å²) < 4.78 is 10.0. The van der Waals surface area contributed by atoms with Crippen LogP contribution in [0.25, 0.3) is 10.8 Å². The number of hydrogen-bond acceptors (Lipinski definition) is 3. The predicted molar refractivity (Wildman–Crippen MR) is 49.7 cm³/mol. The van der Waals surface area contributed by atoms with E-state index in [2.05, 4.69) is 0 Å². The molecule has 0 aliphatic carbocycles. The summed E-state index contributed by atoms with van der Waals surface area (Å²) in [5.74, 6) is -0.522. The first-order chi connectivity index (χ1) is 6.74. The Morgan fingerprint density at radius 2 is 2.21 bits per heavy atom. The fourth-order valence-corrected chi connectivity index (χ4v) is 1.39. The summed E-state index contributed by atoms with van der Waals surface area (Å²) in [5, 5.41) is 10.0. The topological polar surface area (TPSA) is 59.7 Å². The first-order valence-electron chi connectivity index (χ1n) is 4.01. The predicted octanol–water partition coefficient (Wildman–Crippen LogP) is 2.14. The van der Waals surface area contributed by atoms with Gasteiger partial charge >= 0.3 is 5.97 Å². The van der Waals surface area contributed by atoms with Crippen molar-refractivity contribution in [3.05, 3.63) is 30.2 Å². The summed E-state index contributed by atoms with van der Waals surface area (Å²) in [6.07, 6.45) is 1.39. The maximum atomic E-state index is 10.7. The summed E-state index contributed by atoms with van der Waals surface area (Å²) in [7, 11) is 1.53. The zero-order chi connectivity index (χ0) is 10.1. The maximum absolute atomic E-state index is 10.7. The molecule has 14 heavy (non-hydrogen) atoms. The van der Waals surface area contributed by atoms with E-state index in [-0.39, 0.29) is 5.76 Å². The number of ether oxygens (including phenoxy) is 1. The van der Waals surface area contributed by atoms with E-state index in [9.17, 15) is 4.79 Å². The molecule has 0 amide bonds. The Morgan fingerprint density at radius 3 is 2.86 bits per heavy atom. The molecule has 1 heterocycles. The van der Waals surface area contributed by atoms with E-state index < -0.39 is 5.97 Å². The number of furan rings is 1. The second-order valence-corrected chi connectivity index (χ2v) is 2.79. The zero-order valence-corrected chi connectivity index (χ0v) is 7.48. The van der Waals surface area contributed by atoms with Crippen molar-refractivity contribution < 1.29 is 19.1 Å². The molecule has 0 bridgehead atoms. The molecule has 0 saturated heterocycles. The molecule has 0 atom stereocenters. The van der Waals surface area contributed by atoms with Crippen LogP contribution in [0.5, 0.6) is 5.75 Å². The molecule has 0 spiro atoms. The lowest BCUT2D eigenvalue weighted by molar-refractivity contribution is 0.0665. The molecule has 4 nitrogen and oxygen atoms in total. The van der Waals surface area contributed by atoms with E-state index in [1.807, 2.05) is 0 Å². The van der Waals surface area contributed by atoms with Crippen molar-refractivity contribution in [3.8, 4) is 5.75 Å². The Morgan fingerprint density at radius 1 is 1.43 bits per heavy atom. The fraction of sp³-hybridized carbons (Fsp3) is 0.100. The van der Waals surface area contributed by atoms with Gasteiger partial charge in [-0.1, -0.05) is 6.07 Å². The van der Waals surface area contributed by atoms with Crippen LogP contribution < -0.4 is 4.74 Å². The summed E-state index contributed by atoms with van der Waals surface area (Å²) >= 11 is 0. The number of methoxy groups -OCH3 is 1. The van der Waals surface area contributed by atoms with Gasteiger partial charge in [0.05, 0.1) is 12.5 Å². The van der Waals surface area contributed by atoms with Crippen LogP contribution in [-0.2, 0) is 0 Å². The van der Waals surface area contributed by atoms with E-state index in [0.717, 1.165) is 0 Å². The van der Waals surface area contributed by atoms with Gasteiger partial charge in [0.1, 0.15) is 12.0 Å². The van der Waals surface area contributed by atoms with Crippen LogP contribution in [0.4, 0.5) is 0 Å². The highest BCUT2D eigenvalue weighted by atomic mass is 16.5. The Balaban J connectivity index is 2.75. The van der Waals surface area contributed by atoms with Crippen molar-refractivity contribution in [3.63, 3.8) is 0 Å². The first kappa shape index (κ1) is 8.62. The average molecular weight is 192 g/mol. The molecule has 0 radical (unpaired) electrons. The SMILES string of the molecule is COc1cccc2c(C(=O)O)occ12. The molecule has 0 saturated carbocycles. The van der Waals surface area contributed by atoms with Gasteiger partial charge in [0.25, 0.3) is 0 Å². The van der Waals surface area contributed by atoms with Crippen LogP contribution in [0.2, 0.25) is 0 Å². The van der Waals surface area contributed by atoms with Crippen LogP contribution in [0, 0.1) is 0 Å². The average Bonchev–Trinajstić information content (AvgIpc) is 2.60. The standard InChI is InChI=1S/C10H8O4/c1-13-8-4-2-3-6-7(8)5-14-9(6)10(11)12/h2-5H,1H3,(H,11,12). The minimum atomic E-state index is -1.08. The van der Waals surface area contributed by atoms with Crippen LogP contribution >= 0.6 is 0 Å². The van der Waals surface area contributed by atoms with Crippen LogP contribution in [0.3, 0.4) is 0 Å². The van der Waals surface area contributed by atoms with Crippen molar-refractivity contribution in [1.82, 2.24) is 0 Å². The summed E-state index contributed by atoms with van der Waals surface area (Å²) in [6.45, 7) is 0. The van der Waals surface area contributed by atoms with Crippen LogP contribution in [0.1, 0.15) is 10.6 Å². The van der Waals surface area contributed by atoms with Gasteiger partial charge in [0.15, 0.2) is 0 Å². The molecule has 0 aliphatic rings. The number of rotatable bonds is 2. The maximum Gasteiger partial charge on any atom is 0.372 e. The van der Waals surface area contributed by atoms with Gasteiger partial charge in [-0.15, -0.1) is 0 Å². The van der Waals surface area contributed by atoms with Crippen molar-refractivity contribution in [2.45, 2.75) is 0 Å². The number of carbonyl (C=O) groups is 1. The number of carboxylic acids is 1. The lowest BCUT2D eigenvalue weighted by Gasteiger charge is -1.99. The quantitative estimate of drug-likeness (QED) is 0.791. The molecule has 1 aromatic heterocycles. The number of hydrogen-bond donors (Lipinski definition) is 1. The van der Waals surface area contributed by atoms with Gasteiger partial charge in [-0.3, -0.25) is 0 Å². The Bertz CT molecular complexity index is 484. The monoisotopic (exact) mass is 192 g/mol. The second-order valence-electron chi connectivity index (χ2n) is 2.79. The van der Waals surface area contributed by atoms with Crippen LogP contribution in [0.15, 0.2) is 28.9 Å². The molecule has 0 aliphatic heterocycles. The molecule has 2 aromatic rings. The van der Waals surface area contributed by atoms with Gasteiger partial charge in [-0.25, -0.2) is 4.79 Å². The van der Waals surface area contributed by atoms with Crippen molar-refractivity contribution in [2.75, 3.05) is 7.11 Å². The minimum absolute atomic E-state index is 0.0566. The zero-order valence-electron chi connectivity index (χ0n) is 7.48. The summed E-state index contributed by atoms with van der Waals surface area (Å²) in [4.78, 5) is 10.7. The van der Waals surface area contributed by atoms with Crippen molar-refractivity contribution in [1.29, 1.82) is 0 Å². The molecule has 0 fully saturated rings. The van der Waals surface area contributed by atoms with E-state index in [1.165, 1.54) is 13.4 Å². The number of aromatic carboxylic acids is 1. The van der Waals surface area contributed by atoms with E-state index in [1.54, 1.807) is 18.2 Å². The molecule has 4 heteroatoms. The highest BCUT2D eigenvalue weighted by Gasteiger charge is 2.15. The second kappa shape index (κ2) is 3.06. The van der Waals surface area contributed by atoms with E-state index in [4.69, 9.17) is 14.3 Å². The van der Waals surface area contributed by atoms with Crippen molar-refractivity contribution >= 4 is 16.7 Å². The lowest BCUT2D eigenvalue weighted by atomic mass is 10.1. The molecule has 1 aromatic carbocycles. The van der Waals surface area contributed by atoms with E-state index >= 15 is 0 Å². The third-order valence-electron chi connectivity index (χ3n) is 2.02. The van der Waals surface area contributed by atoms with Crippen molar-refractivity contribution in [2.24, 2.45) is 0 Å².